The van der Waals surface area contributed by atoms with Crippen molar-refractivity contribution in [3.63, 3.8) is 0 Å². The summed E-state index contributed by atoms with van der Waals surface area (Å²) < 4.78 is 25.7. The zero-order chi connectivity index (χ0) is 19.3. The van der Waals surface area contributed by atoms with Crippen LogP contribution in [-0.4, -0.2) is 40.3 Å². The summed E-state index contributed by atoms with van der Waals surface area (Å²) in [6.07, 6.45) is 2.76. The van der Waals surface area contributed by atoms with Gasteiger partial charge in [-0.3, -0.25) is 14.8 Å². The Labute approximate surface area is 158 Å². The molecule has 8 nitrogen and oxygen atoms in total. The molecule has 138 valence electrons. The lowest BCUT2D eigenvalue weighted by molar-refractivity contribution is 0.102. The third-order valence-electron chi connectivity index (χ3n) is 4.09. The summed E-state index contributed by atoms with van der Waals surface area (Å²) in [4.78, 5) is 21.8. The first-order chi connectivity index (χ1) is 12.7. The molecule has 0 saturated carbocycles. The summed E-state index contributed by atoms with van der Waals surface area (Å²) in [6, 6.07) is 6.41. The van der Waals surface area contributed by atoms with E-state index >= 15 is 0 Å². The van der Waals surface area contributed by atoms with Crippen LogP contribution >= 0.6 is 11.3 Å². The van der Waals surface area contributed by atoms with Gasteiger partial charge in [0.1, 0.15) is 0 Å². The molecule has 1 aromatic carbocycles. The number of hydrogen-bond donors (Lipinski definition) is 1. The maximum Gasteiger partial charge on any atom is 0.258 e. The van der Waals surface area contributed by atoms with E-state index < -0.39 is 9.84 Å². The van der Waals surface area contributed by atoms with E-state index in [9.17, 15) is 13.2 Å². The number of pyridine rings is 1. The first-order valence-electron chi connectivity index (χ1n) is 7.94. The topological polar surface area (TPSA) is 107 Å². The summed E-state index contributed by atoms with van der Waals surface area (Å²) >= 11 is 1.22. The van der Waals surface area contributed by atoms with E-state index in [1.165, 1.54) is 17.4 Å². The smallest absolute Gasteiger partial charge is 0.258 e. The molecule has 1 amide bonds. The van der Waals surface area contributed by atoms with Crippen LogP contribution in [0, 0.1) is 6.92 Å². The number of aryl methyl sites for hydroxylation is 2. The first kappa shape index (κ1) is 17.6. The van der Waals surface area contributed by atoms with Gasteiger partial charge in [-0.2, -0.15) is 5.10 Å². The Hall–Kier alpha value is -2.85. The number of nitrogens with one attached hydrogen (secondary N) is 1. The van der Waals surface area contributed by atoms with Crippen molar-refractivity contribution in [3.05, 3.63) is 41.7 Å². The summed E-state index contributed by atoms with van der Waals surface area (Å²) in [7, 11) is -1.54. The number of rotatable bonds is 3. The van der Waals surface area contributed by atoms with Crippen molar-refractivity contribution in [1.82, 2.24) is 19.7 Å². The average Bonchev–Trinajstić information content (AvgIpc) is 3.16. The van der Waals surface area contributed by atoms with Crippen LogP contribution in [0.2, 0.25) is 0 Å². The molecular formula is C17H15N5O3S2. The van der Waals surface area contributed by atoms with E-state index in [-0.39, 0.29) is 10.8 Å². The molecule has 3 aromatic heterocycles. The van der Waals surface area contributed by atoms with Crippen LogP contribution in [0.4, 0.5) is 5.13 Å². The molecule has 0 saturated heterocycles. The molecule has 4 aromatic rings. The largest absolute Gasteiger partial charge is 0.298 e. The number of aromatic nitrogens is 4. The average molecular weight is 401 g/mol. The van der Waals surface area contributed by atoms with E-state index in [1.54, 1.807) is 36.1 Å². The lowest BCUT2D eigenvalue weighted by Gasteiger charge is -2.04. The van der Waals surface area contributed by atoms with Gasteiger partial charge in [0.15, 0.2) is 20.6 Å². The zero-order valence-electron chi connectivity index (χ0n) is 14.7. The number of carbonyl (C=O) groups is 1. The molecule has 10 heteroatoms. The number of anilines is 1. The Morgan fingerprint density at radius 3 is 2.74 bits per heavy atom. The molecule has 4 rings (SSSR count). The second-order valence-corrected chi connectivity index (χ2v) is 9.24. The summed E-state index contributed by atoms with van der Waals surface area (Å²) in [6.45, 7) is 1.81. The number of thiazole rings is 1. The van der Waals surface area contributed by atoms with Crippen molar-refractivity contribution in [2.24, 2.45) is 7.05 Å². The molecule has 0 fully saturated rings. The normalized spacial score (nSPS) is 12.0. The highest BCUT2D eigenvalue weighted by atomic mass is 32.2. The maximum atomic E-state index is 12.8. The Balaban J connectivity index is 1.71. The van der Waals surface area contributed by atoms with Crippen LogP contribution in [0.15, 0.2) is 35.4 Å². The fourth-order valence-electron chi connectivity index (χ4n) is 2.78. The minimum atomic E-state index is -3.30. The van der Waals surface area contributed by atoms with E-state index in [0.717, 1.165) is 6.26 Å². The van der Waals surface area contributed by atoms with Gasteiger partial charge in [-0.15, -0.1) is 0 Å². The van der Waals surface area contributed by atoms with Gasteiger partial charge in [0.25, 0.3) is 5.91 Å². The maximum absolute atomic E-state index is 12.8. The monoisotopic (exact) mass is 401 g/mol. The van der Waals surface area contributed by atoms with E-state index in [1.807, 2.05) is 6.92 Å². The molecule has 3 heterocycles. The molecular weight excluding hydrogens is 386 g/mol. The Bertz CT molecular complexity index is 1320. The van der Waals surface area contributed by atoms with Gasteiger partial charge in [0, 0.05) is 19.0 Å². The SMILES string of the molecule is Cc1cc(C(=O)Nc2nc3ccc(S(C)(=O)=O)cc3s2)c2cnn(C)c2n1. The third kappa shape index (κ3) is 3.17. The van der Waals surface area contributed by atoms with Gasteiger partial charge >= 0.3 is 0 Å². The fourth-order valence-corrected chi connectivity index (χ4v) is 4.40. The van der Waals surface area contributed by atoms with Crippen molar-refractivity contribution in [3.8, 4) is 0 Å². The molecule has 0 aliphatic carbocycles. The quantitative estimate of drug-likeness (QED) is 0.565. The predicted molar refractivity (Wildman–Crippen MR) is 104 cm³/mol. The van der Waals surface area contributed by atoms with E-state index in [2.05, 4.69) is 20.4 Å². The molecule has 0 spiro atoms. The molecule has 0 bridgehead atoms. The van der Waals surface area contributed by atoms with E-state index in [0.29, 0.717) is 37.6 Å². The molecule has 1 N–H and O–H groups in total. The van der Waals surface area contributed by atoms with Crippen molar-refractivity contribution in [1.29, 1.82) is 0 Å². The summed E-state index contributed by atoms with van der Waals surface area (Å²) in [5.41, 5.74) is 2.42. The van der Waals surface area contributed by atoms with Crippen molar-refractivity contribution < 1.29 is 13.2 Å². The lowest BCUT2D eigenvalue weighted by Crippen LogP contribution is -2.13. The molecule has 0 radical (unpaired) electrons. The molecule has 0 aliphatic heterocycles. The highest BCUT2D eigenvalue weighted by molar-refractivity contribution is 7.90. The fraction of sp³-hybridized carbons (Fsp3) is 0.176. The van der Waals surface area contributed by atoms with Gasteiger partial charge < -0.3 is 0 Å². The van der Waals surface area contributed by atoms with Crippen molar-refractivity contribution in [2.75, 3.05) is 11.6 Å². The lowest BCUT2D eigenvalue weighted by atomic mass is 10.1. The molecule has 0 aliphatic rings. The van der Waals surface area contributed by atoms with Crippen LogP contribution in [-0.2, 0) is 16.9 Å². The van der Waals surface area contributed by atoms with Gasteiger partial charge in [0.2, 0.25) is 0 Å². The number of fused-ring (bicyclic) bond motifs is 2. The van der Waals surface area contributed by atoms with Crippen LogP contribution < -0.4 is 5.32 Å². The Morgan fingerprint density at radius 1 is 1.22 bits per heavy atom. The second kappa shape index (κ2) is 6.10. The molecule has 0 unspecified atom stereocenters. The number of nitrogens with zero attached hydrogens (tertiary/aromatic N) is 4. The third-order valence-corrected chi connectivity index (χ3v) is 6.13. The number of carbonyl (C=O) groups excluding carboxylic acids is 1. The Kier molecular flexibility index (Phi) is 3.97. The highest BCUT2D eigenvalue weighted by Gasteiger charge is 2.17. The van der Waals surface area contributed by atoms with Crippen molar-refractivity contribution in [2.45, 2.75) is 11.8 Å². The number of amides is 1. The summed E-state index contributed by atoms with van der Waals surface area (Å²) in [5, 5.41) is 8.00. The van der Waals surface area contributed by atoms with Crippen LogP contribution in [0.25, 0.3) is 21.3 Å². The Morgan fingerprint density at radius 2 is 2.00 bits per heavy atom. The minimum absolute atomic E-state index is 0.221. The number of hydrogen-bond acceptors (Lipinski definition) is 7. The van der Waals surface area contributed by atoms with Gasteiger partial charge in [-0.05, 0) is 31.2 Å². The standard InChI is InChI=1S/C17H15N5O3S2/c1-9-6-11(12-8-18-22(2)15(12)19-9)16(23)21-17-20-13-5-4-10(27(3,24)25)7-14(13)26-17/h4-8H,1-3H3,(H,20,21,23). The van der Waals surface area contributed by atoms with E-state index in [4.69, 9.17) is 0 Å². The van der Waals surface area contributed by atoms with Crippen LogP contribution in [0.1, 0.15) is 16.1 Å². The van der Waals surface area contributed by atoms with Crippen LogP contribution in [0.3, 0.4) is 0 Å². The van der Waals surface area contributed by atoms with Crippen LogP contribution in [0.5, 0.6) is 0 Å². The minimum Gasteiger partial charge on any atom is -0.298 e. The molecule has 27 heavy (non-hydrogen) atoms. The number of benzene rings is 1. The molecule has 0 atom stereocenters. The highest BCUT2D eigenvalue weighted by Crippen LogP contribution is 2.29. The summed E-state index contributed by atoms with van der Waals surface area (Å²) in [5.74, 6) is -0.319. The second-order valence-electron chi connectivity index (χ2n) is 6.19. The van der Waals surface area contributed by atoms with Gasteiger partial charge in [-0.1, -0.05) is 11.3 Å². The predicted octanol–water partition coefficient (Wildman–Crippen LogP) is 2.54. The first-order valence-corrected chi connectivity index (χ1v) is 10.6. The van der Waals surface area contributed by atoms with Gasteiger partial charge in [-0.25, -0.2) is 18.4 Å². The number of sulfone groups is 1. The zero-order valence-corrected chi connectivity index (χ0v) is 16.3. The van der Waals surface area contributed by atoms with Crippen molar-refractivity contribution >= 4 is 53.5 Å². The van der Waals surface area contributed by atoms with Gasteiger partial charge in [0.05, 0.1) is 32.3 Å².